The quantitative estimate of drug-likeness (QED) is 0.432. The van der Waals surface area contributed by atoms with Gasteiger partial charge in [-0.1, -0.05) is 60.3 Å². The van der Waals surface area contributed by atoms with Crippen molar-refractivity contribution in [2.24, 2.45) is 7.05 Å². The highest BCUT2D eigenvalue weighted by molar-refractivity contribution is 7.98. The molecule has 2 aromatic carbocycles. The molecule has 0 aliphatic carbocycles. The number of hydrogen-bond donors (Lipinski definition) is 0. The van der Waals surface area contributed by atoms with Gasteiger partial charge in [-0.25, -0.2) is 4.68 Å². The summed E-state index contributed by atoms with van der Waals surface area (Å²) in [5.41, 5.74) is 3.51. The third kappa shape index (κ3) is 4.04. The van der Waals surface area contributed by atoms with Gasteiger partial charge in [0.1, 0.15) is 0 Å². The zero-order chi connectivity index (χ0) is 20.4. The van der Waals surface area contributed by atoms with Gasteiger partial charge < -0.3 is 4.57 Å². The summed E-state index contributed by atoms with van der Waals surface area (Å²) in [6.45, 7) is 0. The van der Waals surface area contributed by atoms with Crippen molar-refractivity contribution in [1.82, 2.24) is 24.5 Å². The predicted molar refractivity (Wildman–Crippen MR) is 105 cm³/mol. The van der Waals surface area contributed by atoms with Crippen molar-refractivity contribution in [1.29, 1.82) is 0 Å². The van der Waals surface area contributed by atoms with Crippen molar-refractivity contribution >= 4 is 11.8 Å². The number of nitrogens with zero attached hydrogens (tertiary/aromatic N) is 5. The van der Waals surface area contributed by atoms with Crippen LogP contribution in [0.3, 0.4) is 0 Å². The molecule has 2 heterocycles. The van der Waals surface area contributed by atoms with Gasteiger partial charge >= 0.3 is 6.18 Å². The molecule has 5 nitrogen and oxygen atoms in total. The molecule has 0 N–H and O–H groups in total. The first-order valence-electron chi connectivity index (χ1n) is 8.72. The number of alkyl halides is 3. The van der Waals surface area contributed by atoms with Crippen LogP contribution in [0.15, 0.2) is 72.0 Å². The van der Waals surface area contributed by atoms with Gasteiger partial charge in [0.2, 0.25) is 5.82 Å². The molecule has 29 heavy (non-hydrogen) atoms. The van der Waals surface area contributed by atoms with E-state index in [9.17, 15) is 13.2 Å². The summed E-state index contributed by atoms with van der Waals surface area (Å²) in [4.78, 5) is 0. The van der Waals surface area contributed by atoms with E-state index < -0.39 is 12.0 Å². The summed E-state index contributed by atoms with van der Waals surface area (Å²) in [6, 6.07) is 19.3. The number of halogens is 3. The van der Waals surface area contributed by atoms with Crippen LogP contribution in [0, 0.1) is 0 Å². The number of thioether (sulfide) groups is 1. The second kappa shape index (κ2) is 7.75. The molecule has 0 bridgehead atoms. The average Bonchev–Trinajstić information content (AvgIpc) is 3.31. The van der Waals surface area contributed by atoms with E-state index in [1.165, 1.54) is 18.8 Å². The van der Waals surface area contributed by atoms with Gasteiger partial charge in [0.05, 0.1) is 11.4 Å². The summed E-state index contributed by atoms with van der Waals surface area (Å²) in [7, 11) is 1.32. The number of benzene rings is 2. The molecule has 0 amide bonds. The molecule has 0 aliphatic heterocycles. The Kier molecular flexibility index (Phi) is 5.14. The highest BCUT2D eigenvalue weighted by Crippen LogP contribution is 2.32. The molecule has 148 valence electrons. The minimum Gasteiger partial charge on any atom is -0.302 e. The Morgan fingerprint density at radius 3 is 2.21 bits per heavy atom. The van der Waals surface area contributed by atoms with Gasteiger partial charge in [-0.2, -0.15) is 18.3 Å². The van der Waals surface area contributed by atoms with E-state index >= 15 is 0 Å². The largest absolute Gasteiger partial charge is 0.451 e. The second-order valence-electron chi connectivity index (χ2n) is 6.30. The molecular weight excluding hydrogens is 399 g/mol. The van der Waals surface area contributed by atoms with Crippen LogP contribution in [0.2, 0.25) is 0 Å². The van der Waals surface area contributed by atoms with E-state index in [4.69, 9.17) is 5.10 Å². The van der Waals surface area contributed by atoms with Crippen LogP contribution < -0.4 is 0 Å². The lowest BCUT2D eigenvalue weighted by molar-refractivity contribution is -0.147. The van der Waals surface area contributed by atoms with Gasteiger partial charge in [0.25, 0.3) is 0 Å². The molecule has 0 atom stereocenters. The number of aromatic nitrogens is 5. The maximum Gasteiger partial charge on any atom is 0.451 e. The van der Waals surface area contributed by atoms with Gasteiger partial charge in [0.15, 0.2) is 5.16 Å². The molecule has 0 radical (unpaired) electrons. The van der Waals surface area contributed by atoms with E-state index in [0.717, 1.165) is 27.1 Å². The molecule has 0 fully saturated rings. The molecule has 0 saturated heterocycles. The Morgan fingerprint density at radius 1 is 0.931 bits per heavy atom. The third-order valence-electron chi connectivity index (χ3n) is 4.30. The van der Waals surface area contributed by atoms with E-state index in [1.54, 1.807) is 4.68 Å². The Morgan fingerprint density at radius 2 is 1.59 bits per heavy atom. The first kappa shape index (κ1) is 19.3. The maximum absolute atomic E-state index is 13.0. The number of hydrogen-bond acceptors (Lipinski definition) is 4. The lowest BCUT2D eigenvalue weighted by Crippen LogP contribution is -2.12. The molecule has 0 aliphatic rings. The zero-order valence-corrected chi connectivity index (χ0v) is 16.2. The Hall–Kier alpha value is -3.07. The van der Waals surface area contributed by atoms with Crippen molar-refractivity contribution in [2.75, 3.05) is 0 Å². The van der Waals surface area contributed by atoms with Crippen LogP contribution in [0.1, 0.15) is 11.4 Å². The Balaban J connectivity index is 1.66. The average molecular weight is 415 g/mol. The fraction of sp³-hybridized carbons (Fsp3) is 0.150. The topological polar surface area (TPSA) is 48.5 Å². The minimum absolute atomic E-state index is 0.198. The van der Waals surface area contributed by atoms with Crippen molar-refractivity contribution in [3.63, 3.8) is 0 Å². The fourth-order valence-electron chi connectivity index (χ4n) is 2.90. The smallest absolute Gasteiger partial charge is 0.302 e. The summed E-state index contributed by atoms with van der Waals surface area (Å²) < 4.78 is 41.6. The van der Waals surface area contributed by atoms with Crippen LogP contribution in [0.25, 0.3) is 16.9 Å². The number of rotatable bonds is 5. The van der Waals surface area contributed by atoms with Crippen LogP contribution >= 0.6 is 11.8 Å². The predicted octanol–water partition coefficient (Wildman–Crippen LogP) is 4.98. The molecule has 2 aromatic heterocycles. The highest BCUT2D eigenvalue weighted by atomic mass is 32.2. The zero-order valence-electron chi connectivity index (χ0n) is 15.3. The Labute approximate surface area is 169 Å². The van der Waals surface area contributed by atoms with Crippen molar-refractivity contribution in [3.05, 3.63) is 78.2 Å². The van der Waals surface area contributed by atoms with Gasteiger partial charge in [-0.3, -0.25) is 0 Å². The fourth-order valence-corrected chi connectivity index (χ4v) is 3.77. The molecule has 4 rings (SSSR count). The standard InChI is InChI=1S/C20H16F3N5S/c1-27-18(20(21,22)23)24-25-19(27)29-13-15-12-28(16-10-6-3-7-11-16)26-17(15)14-8-4-2-5-9-14/h2-12H,13H2,1H3. The normalized spacial score (nSPS) is 11.7. The third-order valence-corrected chi connectivity index (χ3v) is 5.37. The lowest BCUT2D eigenvalue weighted by atomic mass is 10.1. The SMILES string of the molecule is Cn1c(SCc2cn(-c3ccccc3)nc2-c2ccccc2)nnc1C(F)(F)F. The summed E-state index contributed by atoms with van der Waals surface area (Å²) in [6.07, 6.45) is -2.64. The van der Waals surface area contributed by atoms with Crippen LogP contribution in [0.5, 0.6) is 0 Å². The first-order valence-corrected chi connectivity index (χ1v) is 9.71. The molecular formula is C20H16F3N5S. The highest BCUT2D eigenvalue weighted by Gasteiger charge is 2.37. The van der Waals surface area contributed by atoms with E-state index in [2.05, 4.69) is 10.2 Å². The summed E-state index contributed by atoms with van der Waals surface area (Å²) in [5, 5.41) is 11.9. The molecule has 0 saturated carbocycles. The first-order chi connectivity index (χ1) is 13.9. The van der Waals surface area contributed by atoms with Crippen LogP contribution in [-0.4, -0.2) is 24.5 Å². The maximum atomic E-state index is 13.0. The van der Waals surface area contributed by atoms with Gasteiger partial charge in [-0.05, 0) is 12.1 Å². The molecule has 4 aromatic rings. The van der Waals surface area contributed by atoms with Crippen molar-refractivity contribution in [3.8, 4) is 16.9 Å². The molecule has 0 unspecified atom stereocenters. The van der Waals surface area contributed by atoms with Crippen LogP contribution in [-0.2, 0) is 19.0 Å². The van der Waals surface area contributed by atoms with Gasteiger partial charge in [-0.15, -0.1) is 10.2 Å². The lowest BCUT2D eigenvalue weighted by Gasteiger charge is -2.06. The summed E-state index contributed by atoms with van der Waals surface area (Å²) >= 11 is 1.19. The molecule has 0 spiro atoms. The van der Waals surface area contributed by atoms with E-state index in [0.29, 0.717) is 5.75 Å². The second-order valence-corrected chi connectivity index (χ2v) is 7.24. The summed E-state index contributed by atoms with van der Waals surface area (Å²) in [5.74, 6) is -0.607. The van der Waals surface area contributed by atoms with Gasteiger partial charge in [0, 0.05) is 30.1 Å². The molecule has 9 heteroatoms. The van der Waals surface area contributed by atoms with Crippen molar-refractivity contribution in [2.45, 2.75) is 17.1 Å². The minimum atomic E-state index is -4.53. The monoisotopic (exact) mass is 415 g/mol. The van der Waals surface area contributed by atoms with E-state index in [1.807, 2.05) is 66.9 Å². The van der Waals surface area contributed by atoms with Crippen molar-refractivity contribution < 1.29 is 13.2 Å². The van der Waals surface area contributed by atoms with E-state index in [-0.39, 0.29) is 5.16 Å². The van der Waals surface area contributed by atoms with Crippen LogP contribution in [0.4, 0.5) is 13.2 Å². The Bertz CT molecular complexity index is 1100. The number of para-hydroxylation sites is 1.